The van der Waals surface area contributed by atoms with Gasteiger partial charge in [-0.2, -0.15) is 0 Å². The van der Waals surface area contributed by atoms with Gasteiger partial charge in [0.25, 0.3) is 0 Å². The van der Waals surface area contributed by atoms with E-state index < -0.39 is 0 Å². The van der Waals surface area contributed by atoms with E-state index in [4.69, 9.17) is 0 Å². The van der Waals surface area contributed by atoms with Crippen molar-refractivity contribution >= 4 is 5.91 Å². The molecule has 0 unspecified atom stereocenters. The van der Waals surface area contributed by atoms with E-state index in [0.717, 1.165) is 18.4 Å². The largest absolute Gasteiger partial charge is 0.352 e. The van der Waals surface area contributed by atoms with E-state index in [0.29, 0.717) is 6.42 Å². The van der Waals surface area contributed by atoms with E-state index in [1.54, 1.807) is 12.4 Å². The van der Waals surface area contributed by atoms with Crippen LogP contribution in [0.1, 0.15) is 16.7 Å². The molecule has 1 aromatic heterocycles. The van der Waals surface area contributed by atoms with Crippen LogP contribution in [0, 0.1) is 0 Å². The Labute approximate surface area is 112 Å². The molecule has 0 bridgehead atoms. The number of carbonyl (C=O) groups is 1. The number of hydrogen-bond donors (Lipinski definition) is 1. The van der Waals surface area contributed by atoms with Crippen molar-refractivity contribution in [2.24, 2.45) is 0 Å². The maximum absolute atomic E-state index is 12.0. The first-order chi connectivity index (χ1) is 9.31. The van der Waals surface area contributed by atoms with Crippen molar-refractivity contribution in [1.29, 1.82) is 0 Å². The van der Waals surface area contributed by atoms with Gasteiger partial charge in [0.2, 0.25) is 5.91 Å². The second-order valence-corrected chi connectivity index (χ2v) is 4.98. The summed E-state index contributed by atoms with van der Waals surface area (Å²) in [5.74, 6) is 0.0748. The molecular formula is C16H16N2O. The summed E-state index contributed by atoms with van der Waals surface area (Å²) in [6.07, 6.45) is 5.74. The molecule has 0 aliphatic heterocycles. The van der Waals surface area contributed by atoms with Gasteiger partial charge in [-0.1, -0.05) is 30.3 Å². The minimum atomic E-state index is 0.0748. The highest BCUT2D eigenvalue weighted by Crippen LogP contribution is 2.21. The van der Waals surface area contributed by atoms with Crippen molar-refractivity contribution in [3.8, 4) is 0 Å². The molecule has 1 amide bonds. The zero-order chi connectivity index (χ0) is 13.1. The molecule has 3 rings (SSSR count). The number of carbonyl (C=O) groups excluding carboxylic acids is 1. The van der Waals surface area contributed by atoms with Crippen LogP contribution >= 0.6 is 0 Å². The summed E-state index contributed by atoms with van der Waals surface area (Å²) < 4.78 is 0. The third kappa shape index (κ3) is 2.81. The van der Waals surface area contributed by atoms with E-state index in [9.17, 15) is 4.79 Å². The normalized spacial score (nSPS) is 14.1. The monoisotopic (exact) mass is 252 g/mol. The van der Waals surface area contributed by atoms with Gasteiger partial charge in [-0.15, -0.1) is 0 Å². The van der Waals surface area contributed by atoms with Crippen molar-refractivity contribution in [2.45, 2.75) is 25.3 Å². The summed E-state index contributed by atoms with van der Waals surface area (Å²) in [5, 5.41) is 3.11. The lowest BCUT2D eigenvalue weighted by Crippen LogP contribution is -2.36. The molecule has 3 nitrogen and oxygen atoms in total. The van der Waals surface area contributed by atoms with Crippen LogP contribution in [0.15, 0.2) is 48.8 Å². The van der Waals surface area contributed by atoms with E-state index in [1.807, 2.05) is 12.1 Å². The molecule has 1 aliphatic rings. The van der Waals surface area contributed by atoms with Crippen LogP contribution in [0.5, 0.6) is 0 Å². The Morgan fingerprint density at radius 2 is 1.89 bits per heavy atom. The second-order valence-electron chi connectivity index (χ2n) is 4.98. The van der Waals surface area contributed by atoms with Gasteiger partial charge in [0, 0.05) is 18.4 Å². The standard InChI is InChI=1S/C16H16N2O/c19-16(8-12-4-3-7-17-11-12)18-15-9-13-5-1-2-6-14(13)10-15/h1-7,11,15H,8-10H2,(H,18,19). The predicted octanol–water partition coefficient (Wildman–Crippen LogP) is 1.91. The zero-order valence-corrected chi connectivity index (χ0v) is 10.7. The highest BCUT2D eigenvalue weighted by atomic mass is 16.1. The van der Waals surface area contributed by atoms with Gasteiger partial charge in [0.15, 0.2) is 0 Å². The molecule has 1 heterocycles. The van der Waals surface area contributed by atoms with Gasteiger partial charge >= 0.3 is 0 Å². The molecule has 2 aromatic rings. The number of pyridine rings is 1. The average Bonchev–Trinajstić information content (AvgIpc) is 2.81. The molecule has 1 aromatic carbocycles. The average molecular weight is 252 g/mol. The summed E-state index contributed by atoms with van der Waals surface area (Å²) in [7, 11) is 0. The van der Waals surface area contributed by atoms with E-state index in [-0.39, 0.29) is 11.9 Å². The van der Waals surface area contributed by atoms with Crippen molar-refractivity contribution in [3.63, 3.8) is 0 Å². The first-order valence-corrected chi connectivity index (χ1v) is 6.56. The van der Waals surface area contributed by atoms with Crippen LogP contribution in [0.3, 0.4) is 0 Å². The van der Waals surface area contributed by atoms with Crippen LogP contribution in [-0.4, -0.2) is 16.9 Å². The van der Waals surface area contributed by atoms with E-state index >= 15 is 0 Å². The van der Waals surface area contributed by atoms with Gasteiger partial charge in [0.05, 0.1) is 6.42 Å². The molecule has 0 fully saturated rings. The molecule has 1 aliphatic carbocycles. The van der Waals surface area contributed by atoms with Crippen molar-refractivity contribution < 1.29 is 4.79 Å². The van der Waals surface area contributed by atoms with Gasteiger partial charge in [0.1, 0.15) is 0 Å². The summed E-state index contributed by atoms with van der Waals surface area (Å²) in [6, 6.07) is 12.4. The Bertz CT molecular complexity index is 555. The van der Waals surface area contributed by atoms with Gasteiger partial charge < -0.3 is 5.32 Å². The zero-order valence-electron chi connectivity index (χ0n) is 10.7. The third-order valence-electron chi connectivity index (χ3n) is 3.50. The number of amides is 1. The molecule has 0 saturated heterocycles. The third-order valence-corrected chi connectivity index (χ3v) is 3.50. The number of fused-ring (bicyclic) bond motifs is 1. The molecule has 0 spiro atoms. The van der Waals surface area contributed by atoms with Crippen molar-refractivity contribution in [1.82, 2.24) is 10.3 Å². The molecule has 19 heavy (non-hydrogen) atoms. The second kappa shape index (κ2) is 5.22. The van der Waals surface area contributed by atoms with Crippen molar-refractivity contribution in [2.75, 3.05) is 0 Å². The molecule has 0 radical (unpaired) electrons. The smallest absolute Gasteiger partial charge is 0.224 e. The number of nitrogens with zero attached hydrogens (tertiary/aromatic N) is 1. The topological polar surface area (TPSA) is 42.0 Å². The fourth-order valence-corrected chi connectivity index (χ4v) is 2.63. The molecule has 0 atom stereocenters. The van der Waals surface area contributed by atoms with Crippen LogP contribution in [0.25, 0.3) is 0 Å². The van der Waals surface area contributed by atoms with Gasteiger partial charge in [-0.05, 0) is 35.6 Å². The van der Waals surface area contributed by atoms with E-state index in [1.165, 1.54) is 11.1 Å². The Morgan fingerprint density at radius 1 is 1.16 bits per heavy atom. The number of nitrogens with one attached hydrogen (secondary N) is 1. The Hall–Kier alpha value is -2.16. The molecule has 1 N–H and O–H groups in total. The van der Waals surface area contributed by atoms with Gasteiger partial charge in [-0.3, -0.25) is 9.78 Å². The van der Waals surface area contributed by atoms with Crippen LogP contribution in [0.4, 0.5) is 0 Å². The highest BCUT2D eigenvalue weighted by molar-refractivity contribution is 5.79. The molecular weight excluding hydrogens is 236 g/mol. The maximum Gasteiger partial charge on any atom is 0.224 e. The maximum atomic E-state index is 12.0. The lowest BCUT2D eigenvalue weighted by Gasteiger charge is -2.11. The fourth-order valence-electron chi connectivity index (χ4n) is 2.63. The Morgan fingerprint density at radius 3 is 2.53 bits per heavy atom. The number of rotatable bonds is 3. The first-order valence-electron chi connectivity index (χ1n) is 6.56. The SMILES string of the molecule is O=C(Cc1cccnc1)NC1Cc2ccccc2C1. The Kier molecular flexibility index (Phi) is 3.27. The molecule has 3 heteroatoms. The highest BCUT2D eigenvalue weighted by Gasteiger charge is 2.22. The van der Waals surface area contributed by atoms with E-state index in [2.05, 4.69) is 34.6 Å². The minimum absolute atomic E-state index is 0.0748. The molecule has 0 saturated carbocycles. The lowest BCUT2D eigenvalue weighted by atomic mass is 10.1. The Balaban J connectivity index is 1.58. The lowest BCUT2D eigenvalue weighted by molar-refractivity contribution is -0.121. The van der Waals surface area contributed by atoms with Crippen LogP contribution in [-0.2, 0) is 24.1 Å². The summed E-state index contributed by atoms with van der Waals surface area (Å²) in [4.78, 5) is 16.0. The summed E-state index contributed by atoms with van der Waals surface area (Å²) in [5.41, 5.74) is 3.67. The summed E-state index contributed by atoms with van der Waals surface area (Å²) in [6.45, 7) is 0. The number of aromatic nitrogens is 1. The predicted molar refractivity (Wildman–Crippen MR) is 73.7 cm³/mol. The minimum Gasteiger partial charge on any atom is -0.352 e. The quantitative estimate of drug-likeness (QED) is 0.906. The van der Waals surface area contributed by atoms with Gasteiger partial charge in [-0.25, -0.2) is 0 Å². The molecule has 96 valence electrons. The number of benzene rings is 1. The van der Waals surface area contributed by atoms with Crippen LogP contribution < -0.4 is 5.32 Å². The number of hydrogen-bond acceptors (Lipinski definition) is 2. The van der Waals surface area contributed by atoms with Crippen molar-refractivity contribution in [3.05, 3.63) is 65.5 Å². The first kappa shape index (κ1) is 11.9. The van der Waals surface area contributed by atoms with Crippen LogP contribution in [0.2, 0.25) is 0 Å². The fraction of sp³-hybridized carbons (Fsp3) is 0.250. The summed E-state index contributed by atoms with van der Waals surface area (Å²) >= 11 is 0.